The van der Waals surface area contributed by atoms with Crippen LogP contribution >= 0.6 is 0 Å². The Morgan fingerprint density at radius 2 is 1.63 bits per heavy atom. The smallest absolute Gasteiger partial charge is 0.0580 e. The Morgan fingerprint density at radius 1 is 1.05 bits per heavy atom. The Bertz CT molecular complexity index is 240. The van der Waals surface area contributed by atoms with Crippen LogP contribution in [-0.2, 0) is 0 Å². The van der Waals surface area contributed by atoms with Crippen molar-refractivity contribution < 1.29 is 5.11 Å². The summed E-state index contributed by atoms with van der Waals surface area (Å²) < 4.78 is 0. The van der Waals surface area contributed by atoms with Gasteiger partial charge in [-0.2, -0.15) is 0 Å². The summed E-state index contributed by atoms with van der Waals surface area (Å²) in [6.07, 6.45) is 5.75. The summed E-state index contributed by atoms with van der Waals surface area (Å²) in [6.45, 7) is 15.0. The Balaban J connectivity index is 2.57. The number of rotatable bonds is 6. The Labute approximate surface area is 120 Å². The topological polar surface area (TPSA) is 23.5 Å². The van der Waals surface area contributed by atoms with Gasteiger partial charge in [0.05, 0.1) is 6.10 Å². The molecular weight excluding hydrogens is 234 g/mol. The first-order chi connectivity index (χ1) is 8.88. The molecule has 0 radical (unpaired) electrons. The highest BCUT2D eigenvalue weighted by Crippen LogP contribution is 2.40. The van der Waals surface area contributed by atoms with E-state index in [1.165, 1.54) is 38.8 Å². The van der Waals surface area contributed by atoms with E-state index in [0.717, 1.165) is 18.9 Å². The molecule has 1 N–H and O–H groups in total. The van der Waals surface area contributed by atoms with Gasteiger partial charge in [0.2, 0.25) is 0 Å². The molecule has 1 aliphatic rings. The summed E-state index contributed by atoms with van der Waals surface area (Å²) in [5, 5.41) is 10.3. The van der Waals surface area contributed by atoms with E-state index in [9.17, 15) is 5.11 Å². The lowest BCUT2D eigenvalue weighted by Crippen LogP contribution is -2.41. The van der Waals surface area contributed by atoms with Crippen LogP contribution in [0.5, 0.6) is 0 Å². The van der Waals surface area contributed by atoms with Crippen LogP contribution < -0.4 is 0 Å². The predicted molar refractivity (Wildman–Crippen MR) is 83.3 cm³/mol. The van der Waals surface area contributed by atoms with Crippen molar-refractivity contribution in [2.75, 3.05) is 19.6 Å². The van der Waals surface area contributed by atoms with Crippen LogP contribution in [0.25, 0.3) is 0 Å². The SMILES string of the molecule is CCCN(CCC)CC1CC(C(C)(C)C)CCC1O. The number of hydrogen-bond donors (Lipinski definition) is 1. The summed E-state index contributed by atoms with van der Waals surface area (Å²) in [5.74, 6) is 1.25. The van der Waals surface area contributed by atoms with Crippen LogP contribution in [0.15, 0.2) is 0 Å². The van der Waals surface area contributed by atoms with E-state index in [-0.39, 0.29) is 6.10 Å². The monoisotopic (exact) mass is 269 g/mol. The molecule has 0 saturated heterocycles. The van der Waals surface area contributed by atoms with Gasteiger partial charge >= 0.3 is 0 Å². The molecule has 114 valence electrons. The largest absolute Gasteiger partial charge is 0.393 e. The zero-order valence-electron chi connectivity index (χ0n) is 13.8. The van der Waals surface area contributed by atoms with Gasteiger partial charge in [-0.05, 0) is 62.4 Å². The highest BCUT2D eigenvalue weighted by molar-refractivity contribution is 4.86. The molecule has 0 bridgehead atoms. The van der Waals surface area contributed by atoms with Crippen molar-refractivity contribution in [2.24, 2.45) is 17.3 Å². The number of hydrogen-bond acceptors (Lipinski definition) is 2. The van der Waals surface area contributed by atoms with E-state index in [0.29, 0.717) is 11.3 Å². The molecule has 1 fully saturated rings. The number of nitrogens with zero attached hydrogens (tertiary/aromatic N) is 1. The predicted octanol–water partition coefficient (Wildman–Crippen LogP) is 3.93. The third kappa shape index (κ3) is 5.43. The van der Waals surface area contributed by atoms with Crippen LogP contribution in [0, 0.1) is 17.3 Å². The molecule has 0 aliphatic heterocycles. The maximum absolute atomic E-state index is 10.3. The average molecular weight is 269 g/mol. The van der Waals surface area contributed by atoms with Gasteiger partial charge in [-0.1, -0.05) is 34.6 Å². The van der Waals surface area contributed by atoms with Gasteiger partial charge in [0.1, 0.15) is 0 Å². The lowest BCUT2D eigenvalue weighted by Gasteiger charge is -2.41. The van der Waals surface area contributed by atoms with Crippen LogP contribution in [0.3, 0.4) is 0 Å². The van der Waals surface area contributed by atoms with Crippen LogP contribution in [0.2, 0.25) is 0 Å². The highest BCUT2D eigenvalue weighted by atomic mass is 16.3. The molecular formula is C17H35NO. The summed E-state index contributed by atoms with van der Waals surface area (Å²) in [5.41, 5.74) is 0.388. The first-order valence-electron chi connectivity index (χ1n) is 8.28. The molecule has 1 rings (SSSR count). The Morgan fingerprint density at radius 3 is 2.11 bits per heavy atom. The van der Waals surface area contributed by atoms with Gasteiger partial charge in [-0.15, -0.1) is 0 Å². The van der Waals surface area contributed by atoms with Crippen LogP contribution in [0.1, 0.15) is 66.7 Å². The first kappa shape index (κ1) is 17.0. The molecule has 0 amide bonds. The van der Waals surface area contributed by atoms with Crippen LogP contribution in [-0.4, -0.2) is 35.7 Å². The van der Waals surface area contributed by atoms with E-state index in [1.807, 2.05) is 0 Å². The van der Waals surface area contributed by atoms with E-state index in [2.05, 4.69) is 39.5 Å². The second-order valence-corrected chi connectivity index (χ2v) is 7.50. The maximum atomic E-state index is 10.3. The summed E-state index contributed by atoms with van der Waals surface area (Å²) >= 11 is 0. The van der Waals surface area contributed by atoms with Gasteiger partial charge in [-0.3, -0.25) is 0 Å². The number of aliphatic hydroxyl groups excluding tert-OH is 1. The zero-order valence-corrected chi connectivity index (χ0v) is 13.8. The summed E-state index contributed by atoms with van der Waals surface area (Å²) in [4.78, 5) is 2.55. The van der Waals surface area contributed by atoms with Gasteiger partial charge in [0.25, 0.3) is 0 Å². The second-order valence-electron chi connectivity index (χ2n) is 7.50. The molecule has 0 aromatic rings. The lowest BCUT2D eigenvalue weighted by molar-refractivity contribution is 0.00324. The van der Waals surface area contributed by atoms with Gasteiger partial charge in [-0.25, -0.2) is 0 Å². The van der Waals surface area contributed by atoms with Crippen molar-refractivity contribution in [3.8, 4) is 0 Å². The van der Waals surface area contributed by atoms with Gasteiger partial charge in [0, 0.05) is 6.54 Å². The molecule has 3 unspecified atom stereocenters. The molecule has 0 heterocycles. The molecule has 3 atom stereocenters. The second kappa shape index (κ2) is 7.64. The first-order valence-corrected chi connectivity index (χ1v) is 8.28. The average Bonchev–Trinajstić information content (AvgIpc) is 2.31. The van der Waals surface area contributed by atoms with E-state index >= 15 is 0 Å². The van der Waals surface area contributed by atoms with Crippen molar-refractivity contribution in [3.63, 3.8) is 0 Å². The zero-order chi connectivity index (χ0) is 14.5. The summed E-state index contributed by atoms with van der Waals surface area (Å²) in [7, 11) is 0. The minimum Gasteiger partial charge on any atom is -0.393 e. The fourth-order valence-corrected chi connectivity index (χ4v) is 3.49. The fraction of sp³-hybridized carbons (Fsp3) is 1.00. The van der Waals surface area contributed by atoms with E-state index < -0.39 is 0 Å². The van der Waals surface area contributed by atoms with E-state index in [4.69, 9.17) is 0 Å². The van der Waals surface area contributed by atoms with Crippen molar-refractivity contribution in [3.05, 3.63) is 0 Å². The van der Waals surface area contributed by atoms with Gasteiger partial charge in [0.15, 0.2) is 0 Å². The van der Waals surface area contributed by atoms with E-state index in [1.54, 1.807) is 0 Å². The minimum absolute atomic E-state index is 0.0742. The maximum Gasteiger partial charge on any atom is 0.0580 e. The standard InChI is InChI=1S/C17H35NO/c1-6-10-18(11-7-2)13-14-12-15(17(3,4)5)8-9-16(14)19/h14-16,19H,6-13H2,1-5H3. The summed E-state index contributed by atoms with van der Waals surface area (Å²) in [6, 6.07) is 0. The normalized spacial score (nSPS) is 28.9. The molecule has 2 heteroatoms. The molecule has 0 aromatic carbocycles. The quantitative estimate of drug-likeness (QED) is 0.789. The third-order valence-corrected chi connectivity index (χ3v) is 4.74. The number of aliphatic hydroxyl groups is 1. The van der Waals surface area contributed by atoms with Crippen molar-refractivity contribution in [2.45, 2.75) is 72.8 Å². The van der Waals surface area contributed by atoms with Crippen LogP contribution in [0.4, 0.5) is 0 Å². The molecule has 19 heavy (non-hydrogen) atoms. The molecule has 1 saturated carbocycles. The molecule has 0 aromatic heterocycles. The molecule has 0 spiro atoms. The Hall–Kier alpha value is -0.0800. The third-order valence-electron chi connectivity index (χ3n) is 4.74. The fourth-order valence-electron chi connectivity index (χ4n) is 3.49. The lowest BCUT2D eigenvalue weighted by atomic mass is 9.68. The molecule has 2 nitrogen and oxygen atoms in total. The van der Waals surface area contributed by atoms with Crippen molar-refractivity contribution in [1.82, 2.24) is 4.90 Å². The minimum atomic E-state index is -0.0742. The van der Waals surface area contributed by atoms with Crippen molar-refractivity contribution in [1.29, 1.82) is 0 Å². The van der Waals surface area contributed by atoms with Crippen molar-refractivity contribution >= 4 is 0 Å². The van der Waals surface area contributed by atoms with Gasteiger partial charge < -0.3 is 10.0 Å². The highest BCUT2D eigenvalue weighted by Gasteiger charge is 2.35. The Kier molecular flexibility index (Phi) is 6.82. The molecule has 1 aliphatic carbocycles.